The minimum absolute atomic E-state index is 0.0789. The van der Waals surface area contributed by atoms with Gasteiger partial charge in [-0.15, -0.1) is 0 Å². The van der Waals surface area contributed by atoms with Crippen molar-refractivity contribution in [1.29, 1.82) is 0 Å². The number of sulfonamides is 1. The predicted octanol–water partition coefficient (Wildman–Crippen LogP) is 4.98. The summed E-state index contributed by atoms with van der Waals surface area (Å²) in [6.07, 6.45) is 2.65. The highest BCUT2D eigenvalue weighted by molar-refractivity contribution is 7.89. The molecule has 2 aromatic rings. The molecule has 0 radical (unpaired) electrons. The lowest BCUT2D eigenvalue weighted by molar-refractivity contribution is 0.421. The van der Waals surface area contributed by atoms with Gasteiger partial charge in [-0.2, -0.15) is 0 Å². The van der Waals surface area contributed by atoms with E-state index < -0.39 is 10.0 Å². The second kappa shape index (κ2) is 6.34. The van der Waals surface area contributed by atoms with Gasteiger partial charge in [0.15, 0.2) is 0 Å². The number of nitrogens with zero attached hydrogens (tertiary/aromatic N) is 1. The fourth-order valence-corrected chi connectivity index (χ4v) is 4.47. The highest BCUT2D eigenvalue weighted by Gasteiger charge is 2.28. The molecular formula is C21H25NO2S. The molecule has 0 amide bonds. The quantitative estimate of drug-likeness (QED) is 0.779. The molecule has 0 unspecified atom stereocenters. The first-order valence-electron chi connectivity index (χ1n) is 8.54. The van der Waals surface area contributed by atoms with E-state index in [4.69, 9.17) is 0 Å². The molecule has 0 N–H and O–H groups in total. The van der Waals surface area contributed by atoms with Gasteiger partial charge in [-0.1, -0.05) is 62.7 Å². The molecule has 0 saturated heterocycles. The minimum Gasteiger partial charge on any atom is -0.269 e. The summed E-state index contributed by atoms with van der Waals surface area (Å²) >= 11 is 0. The van der Waals surface area contributed by atoms with E-state index in [0.717, 1.165) is 28.7 Å². The monoisotopic (exact) mass is 355 g/mol. The average Bonchev–Trinajstić information content (AvgIpc) is 2.53. The van der Waals surface area contributed by atoms with Crippen LogP contribution in [0.15, 0.2) is 59.6 Å². The molecule has 25 heavy (non-hydrogen) atoms. The summed E-state index contributed by atoms with van der Waals surface area (Å²) in [6, 6.07) is 15.1. The van der Waals surface area contributed by atoms with E-state index in [2.05, 4.69) is 26.8 Å². The van der Waals surface area contributed by atoms with Crippen molar-refractivity contribution in [3.8, 4) is 0 Å². The van der Waals surface area contributed by atoms with Crippen LogP contribution in [-0.2, 0) is 16.6 Å². The first-order valence-corrected chi connectivity index (χ1v) is 9.98. The van der Waals surface area contributed by atoms with Crippen LogP contribution in [0.3, 0.4) is 0 Å². The number of allylic oxidation sites excluding steroid dienone is 1. The predicted molar refractivity (Wildman–Crippen MR) is 102 cm³/mol. The van der Waals surface area contributed by atoms with Crippen LogP contribution < -0.4 is 0 Å². The second-order valence-electron chi connectivity index (χ2n) is 7.91. The molecule has 0 spiro atoms. The Hall–Kier alpha value is -2.07. The SMILES string of the molecule is Cc1ccc(S(=O)(=O)N2C=C(CC(C)(C)C)c3ccccc3C2)cc1. The summed E-state index contributed by atoms with van der Waals surface area (Å²) in [6.45, 7) is 8.84. The van der Waals surface area contributed by atoms with Gasteiger partial charge in [-0.3, -0.25) is 4.31 Å². The van der Waals surface area contributed by atoms with Crippen LogP contribution >= 0.6 is 0 Å². The van der Waals surface area contributed by atoms with E-state index in [1.165, 1.54) is 4.31 Å². The van der Waals surface area contributed by atoms with Crippen LogP contribution in [0.1, 0.15) is 43.9 Å². The normalized spacial score (nSPS) is 14.9. The molecule has 1 aliphatic rings. The molecule has 2 aromatic carbocycles. The number of hydrogen-bond donors (Lipinski definition) is 0. The van der Waals surface area contributed by atoms with Gasteiger partial charge in [0.25, 0.3) is 10.0 Å². The van der Waals surface area contributed by atoms with Gasteiger partial charge >= 0.3 is 0 Å². The van der Waals surface area contributed by atoms with Gasteiger partial charge in [0.05, 0.1) is 11.4 Å². The Kier molecular flexibility index (Phi) is 4.50. The smallest absolute Gasteiger partial charge is 0.264 e. The Morgan fingerprint density at radius 2 is 1.64 bits per heavy atom. The lowest BCUT2D eigenvalue weighted by Crippen LogP contribution is -2.29. The zero-order valence-corrected chi connectivity index (χ0v) is 16.1. The van der Waals surface area contributed by atoms with Crippen molar-refractivity contribution >= 4 is 15.6 Å². The number of rotatable bonds is 3. The molecule has 3 nitrogen and oxygen atoms in total. The molecule has 0 aromatic heterocycles. The molecule has 0 aliphatic carbocycles. The highest BCUT2D eigenvalue weighted by Crippen LogP contribution is 2.37. The first kappa shape index (κ1) is 17.7. The van der Waals surface area contributed by atoms with E-state index in [0.29, 0.717) is 11.4 Å². The Labute approximate surface area is 151 Å². The maximum atomic E-state index is 13.1. The molecule has 3 rings (SSSR count). The summed E-state index contributed by atoms with van der Waals surface area (Å²) in [5.74, 6) is 0. The van der Waals surface area contributed by atoms with Crippen LogP contribution in [0.5, 0.6) is 0 Å². The molecule has 1 heterocycles. The van der Waals surface area contributed by atoms with E-state index in [9.17, 15) is 8.42 Å². The van der Waals surface area contributed by atoms with Crippen molar-refractivity contribution in [3.63, 3.8) is 0 Å². The Balaban J connectivity index is 2.05. The van der Waals surface area contributed by atoms with Gasteiger partial charge in [0.2, 0.25) is 0 Å². The Bertz CT molecular complexity index is 904. The second-order valence-corrected chi connectivity index (χ2v) is 9.80. The average molecular weight is 356 g/mol. The van der Waals surface area contributed by atoms with Gasteiger partial charge in [-0.25, -0.2) is 8.42 Å². The lowest BCUT2D eigenvalue weighted by atomic mass is 9.83. The zero-order valence-electron chi connectivity index (χ0n) is 15.3. The number of fused-ring (bicyclic) bond motifs is 1. The fourth-order valence-electron chi connectivity index (χ4n) is 3.14. The summed E-state index contributed by atoms with van der Waals surface area (Å²) < 4.78 is 27.7. The van der Waals surface area contributed by atoms with Gasteiger partial charge in [0.1, 0.15) is 0 Å². The maximum absolute atomic E-state index is 13.1. The molecular weight excluding hydrogens is 330 g/mol. The molecule has 132 valence electrons. The van der Waals surface area contributed by atoms with Crippen molar-refractivity contribution in [2.24, 2.45) is 5.41 Å². The molecule has 0 atom stereocenters. The molecule has 0 saturated carbocycles. The third-order valence-electron chi connectivity index (χ3n) is 4.34. The van der Waals surface area contributed by atoms with Crippen molar-refractivity contribution in [1.82, 2.24) is 4.31 Å². The van der Waals surface area contributed by atoms with Crippen LogP contribution in [0.4, 0.5) is 0 Å². The largest absolute Gasteiger partial charge is 0.269 e. The summed E-state index contributed by atoms with van der Waals surface area (Å²) in [7, 11) is -3.55. The zero-order chi connectivity index (χ0) is 18.2. The molecule has 1 aliphatic heterocycles. The molecule has 4 heteroatoms. The third-order valence-corrected chi connectivity index (χ3v) is 6.06. The Morgan fingerprint density at radius 3 is 2.28 bits per heavy atom. The van der Waals surface area contributed by atoms with Crippen LogP contribution in [0, 0.1) is 12.3 Å². The first-order chi connectivity index (χ1) is 11.7. The topological polar surface area (TPSA) is 37.4 Å². The minimum atomic E-state index is -3.55. The van der Waals surface area contributed by atoms with Crippen molar-refractivity contribution in [2.45, 2.75) is 45.6 Å². The Morgan fingerprint density at radius 1 is 1.00 bits per heavy atom. The van der Waals surface area contributed by atoms with Crippen LogP contribution in [0.25, 0.3) is 5.57 Å². The van der Waals surface area contributed by atoms with E-state index in [1.807, 2.05) is 43.5 Å². The van der Waals surface area contributed by atoms with Crippen LogP contribution in [-0.4, -0.2) is 12.7 Å². The van der Waals surface area contributed by atoms with E-state index >= 15 is 0 Å². The maximum Gasteiger partial charge on any atom is 0.264 e. The van der Waals surface area contributed by atoms with Crippen molar-refractivity contribution < 1.29 is 8.42 Å². The standard InChI is InChI=1S/C21H25NO2S/c1-16-9-11-19(12-10-16)25(23,24)22-14-17-7-5-6-8-20(17)18(15-22)13-21(2,3)4/h5-12,15H,13-14H2,1-4H3. The number of aryl methyl sites for hydroxylation is 1. The third kappa shape index (κ3) is 3.79. The van der Waals surface area contributed by atoms with E-state index in [-0.39, 0.29) is 5.41 Å². The van der Waals surface area contributed by atoms with Gasteiger partial charge in [0, 0.05) is 6.20 Å². The summed E-state index contributed by atoms with van der Waals surface area (Å²) in [4.78, 5) is 0.337. The van der Waals surface area contributed by atoms with Gasteiger partial charge < -0.3 is 0 Å². The van der Waals surface area contributed by atoms with Crippen LogP contribution in [0.2, 0.25) is 0 Å². The van der Waals surface area contributed by atoms with E-state index in [1.54, 1.807) is 12.1 Å². The van der Waals surface area contributed by atoms with Crippen molar-refractivity contribution in [2.75, 3.05) is 0 Å². The molecule has 0 fully saturated rings. The fraction of sp³-hybridized carbons (Fsp3) is 0.333. The van der Waals surface area contributed by atoms with Crippen molar-refractivity contribution in [3.05, 3.63) is 71.4 Å². The number of benzene rings is 2. The number of hydrogen-bond acceptors (Lipinski definition) is 2. The lowest BCUT2D eigenvalue weighted by Gasteiger charge is -2.31. The van der Waals surface area contributed by atoms with Gasteiger partial charge in [-0.05, 0) is 47.6 Å². The summed E-state index contributed by atoms with van der Waals surface area (Å²) in [5, 5.41) is 0. The highest BCUT2D eigenvalue weighted by atomic mass is 32.2. The summed E-state index contributed by atoms with van der Waals surface area (Å²) in [5.41, 5.74) is 4.42. The molecule has 0 bridgehead atoms.